The first-order chi connectivity index (χ1) is 7.25. The first kappa shape index (κ1) is 11.5. The van der Waals surface area contributed by atoms with Gasteiger partial charge in [-0.05, 0) is 23.8 Å². The number of rotatable bonds is 2. The van der Waals surface area contributed by atoms with Gasteiger partial charge in [0.2, 0.25) is 0 Å². The second-order valence-electron chi connectivity index (χ2n) is 3.40. The van der Waals surface area contributed by atoms with Crippen LogP contribution in [0.1, 0.15) is 20.3 Å². The van der Waals surface area contributed by atoms with Crippen molar-refractivity contribution in [2.24, 2.45) is 0 Å². The number of aromatic nitrogens is 4. The Kier molecular flexibility index (Phi) is 4.59. The molecule has 84 valence electrons. The fraction of sp³-hybridized carbons (Fsp3) is 0.667. The molecule has 1 aliphatic heterocycles. The molecule has 6 heteroatoms. The van der Waals surface area contributed by atoms with Crippen LogP contribution < -0.4 is 0 Å². The van der Waals surface area contributed by atoms with E-state index in [0.717, 1.165) is 0 Å². The summed E-state index contributed by atoms with van der Waals surface area (Å²) in [7, 11) is 2.11. The second kappa shape index (κ2) is 6.00. The molecule has 0 saturated carbocycles. The van der Waals surface area contributed by atoms with Crippen molar-refractivity contribution >= 4 is 0 Å². The molecule has 1 aromatic heterocycles. The SMILES string of the molecule is CCCN1C=CN(C)C1C.c1nnn[nH]1. The van der Waals surface area contributed by atoms with Crippen molar-refractivity contribution in [2.45, 2.75) is 26.4 Å². The number of aromatic amines is 1. The lowest BCUT2D eigenvalue weighted by molar-refractivity contribution is 0.195. The molecular formula is C9H18N6. The predicted octanol–water partition coefficient (Wildman–Crippen LogP) is 0.661. The van der Waals surface area contributed by atoms with Crippen LogP contribution in [0.4, 0.5) is 0 Å². The summed E-state index contributed by atoms with van der Waals surface area (Å²) in [6.45, 7) is 5.59. The van der Waals surface area contributed by atoms with E-state index in [-0.39, 0.29) is 0 Å². The molecular weight excluding hydrogens is 192 g/mol. The lowest BCUT2D eigenvalue weighted by Crippen LogP contribution is -2.33. The summed E-state index contributed by atoms with van der Waals surface area (Å²) >= 11 is 0. The van der Waals surface area contributed by atoms with Crippen LogP contribution in [0.5, 0.6) is 0 Å². The van der Waals surface area contributed by atoms with Crippen LogP contribution >= 0.6 is 0 Å². The lowest BCUT2D eigenvalue weighted by atomic mass is 10.4. The minimum Gasteiger partial charge on any atom is -0.359 e. The Balaban J connectivity index is 0.000000187. The summed E-state index contributed by atoms with van der Waals surface area (Å²) in [6.07, 6.45) is 7.47. The standard InChI is InChI=1S/C8H16N2.CH2N4/c1-4-5-10-7-6-9(3)8(10)2;1-2-4-5-3-1/h6-8H,4-5H2,1-3H3;1H,(H,2,3,4,5). The molecule has 6 nitrogen and oxygen atoms in total. The average Bonchev–Trinajstić information content (AvgIpc) is 2.87. The highest BCUT2D eigenvalue weighted by Gasteiger charge is 2.16. The van der Waals surface area contributed by atoms with Gasteiger partial charge in [0, 0.05) is 26.0 Å². The molecule has 1 aromatic rings. The predicted molar refractivity (Wildman–Crippen MR) is 57.5 cm³/mol. The third-order valence-electron chi connectivity index (χ3n) is 2.31. The molecule has 0 amide bonds. The van der Waals surface area contributed by atoms with Gasteiger partial charge < -0.3 is 9.80 Å². The molecule has 2 rings (SSSR count). The van der Waals surface area contributed by atoms with Crippen molar-refractivity contribution in [3.63, 3.8) is 0 Å². The largest absolute Gasteiger partial charge is 0.359 e. The quantitative estimate of drug-likeness (QED) is 0.777. The van der Waals surface area contributed by atoms with Crippen molar-refractivity contribution in [2.75, 3.05) is 13.6 Å². The number of nitrogens with one attached hydrogen (secondary N) is 1. The minimum atomic E-state index is 0.556. The molecule has 1 atom stereocenters. The normalized spacial score (nSPS) is 19.0. The van der Waals surface area contributed by atoms with Crippen molar-refractivity contribution in [1.82, 2.24) is 30.4 Å². The van der Waals surface area contributed by atoms with E-state index in [2.05, 4.69) is 63.7 Å². The zero-order valence-electron chi connectivity index (χ0n) is 9.46. The van der Waals surface area contributed by atoms with Gasteiger partial charge in [0.25, 0.3) is 0 Å². The van der Waals surface area contributed by atoms with Gasteiger partial charge in [0.15, 0.2) is 0 Å². The fourth-order valence-corrected chi connectivity index (χ4v) is 1.32. The first-order valence-corrected chi connectivity index (χ1v) is 5.08. The fourth-order valence-electron chi connectivity index (χ4n) is 1.32. The zero-order chi connectivity index (χ0) is 11.1. The van der Waals surface area contributed by atoms with E-state index >= 15 is 0 Å². The van der Waals surface area contributed by atoms with Crippen LogP contribution in [0.3, 0.4) is 0 Å². The molecule has 0 saturated heterocycles. The molecule has 1 N–H and O–H groups in total. The molecule has 1 aliphatic rings. The number of hydrogen-bond donors (Lipinski definition) is 1. The van der Waals surface area contributed by atoms with Crippen LogP contribution in [-0.4, -0.2) is 50.2 Å². The molecule has 0 radical (unpaired) electrons. The third-order valence-corrected chi connectivity index (χ3v) is 2.31. The smallest absolute Gasteiger partial charge is 0.135 e. The van der Waals surface area contributed by atoms with Gasteiger partial charge in [0.1, 0.15) is 6.33 Å². The topological polar surface area (TPSA) is 60.9 Å². The van der Waals surface area contributed by atoms with Crippen LogP contribution in [0.2, 0.25) is 0 Å². The van der Waals surface area contributed by atoms with E-state index in [1.807, 2.05) is 0 Å². The Morgan fingerprint density at radius 2 is 2.20 bits per heavy atom. The van der Waals surface area contributed by atoms with E-state index in [4.69, 9.17) is 0 Å². The van der Waals surface area contributed by atoms with Crippen molar-refractivity contribution in [3.8, 4) is 0 Å². The van der Waals surface area contributed by atoms with Gasteiger partial charge in [-0.1, -0.05) is 6.92 Å². The lowest BCUT2D eigenvalue weighted by Gasteiger charge is -2.26. The highest BCUT2D eigenvalue weighted by atomic mass is 15.5. The Morgan fingerprint density at radius 3 is 2.53 bits per heavy atom. The maximum Gasteiger partial charge on any atom is 0.135 e. The zero-order valence-corrected chi connectivity index (χ0v) is 9.46. The van der Waals surface area contributed by atoms with Gasteiger partial charge in [-0.2, -0.15) is 0 Å². The molecule has 1 unspecified atom stereocenters. The van der Waals surface area contributed by atoms with E-state index < -0.39 is 0 Å². The summed E-state index contributed by atoms with van der Waals surface area (Å²) in [5, 5.41) is 12.1. The van der Waals surface area contributed by atoms with E-state index in [1.165, 1.54) is 19.3 Å². The number of hydrogen-bond acceptors (Lipinski definition) is 5. The van der Waals surface area contributed by atoms with Crippen molar-refractivity contribution < 1.29 is 0 Å². The summed E-state index contributed by atoms with van der Waals surface area (Å²) in [6, 6.07) is 0. The van der Waals surface area contributed by atoms with Crippen LogP contribution in [-0.2, 0) is 0 Å². The molecule has 0 aliphatic carbocycles. The average molecular weight is 210 g/mol. The summed E-state index contributed by atoms with van der Waals surface area (Å²) in [5.74, 6) is 0. The highest BCUT2D eigenvalue weighted by molar-refractivity contribution is 4.93. The molecule has 0 fully saturated rings. The first-order valence-electron chi connectivity index (χ1n) is 5.08. The van der Waals surface area contributed by atoms with Crippen LogP contribution in [0, 0.1) is 0 Å². The summed E-state index contributed by atoms with van der Waals surface area (Å²) in [4.78, 5) is 4.57. The number of H-pyrrole nitrogens is 1. The maximum atomic E-state index is 3.31. The van der Waals surface area contributed by atoms with Gasteiger partial charge in [-0.15, -0.1) is 5.10 Å². The number of tetrazole rings is 1. The highest BCUT2D eigenvalue weighted by Crippen LogP contribution is 2.12. The van der Waals surface area contributed by atoms with E-state index in [9.17, 15) is 0 Å². The second-order valence-corrected chi connectivity index (χ2v) is 3.40. The summed E-state index contributed by atoms with van der Waals surface area (Å²) in [5.41, 5.74) is 0. The molecule has 2 heterocycles. The van der Waals surface area contributed by atoms with Gasteiger partial charge >= 0.3 is 0 Å². The van der Waals surface area contributed by atoms with Crippen molar-refractivity contribution in [1.29, 1.82) is 0 Å². The minimum absolute atomic E-state index is 0.556. The van der Waals surface area contributed by atoms with Crippen LogP contribution in [0.15, 0.2) is 18.7 Å². The van der Waals surface area contributed by atoms with Crippen LogP contribution in [0.25, 0.3) is 0 Å². The van der Waals surface area contributed by atoms with Gasteiger partial charge in [-0.25, -0.2) is 5.10 Å². The van der Waals surface area contributed by atoms with E-state index in [1.54, 1.807) is 0 Å². The Hall–Kier alpha value is -1.59. The van der Waals surface area contributed by atoms with E-state index in [0.29, 0.717) is 6.17 Å². The Labute approximate surface area is 90.0 Å². The monoisotopic (exact) mass is 210 g/mol. The number of nitrogens with zero attached hydrogens (tertiary/aromatic N) is 5. The summed E-state index contributed by atoms with van der Waals surface area (Å²) < 4.78 is 0. The van der Waals surface area contributed by atoms with Gasteiger partial charge in [0.05, 0.1) is 6.17 Å². The maximum absolute atomic E-state index is 3.31. The Bertz CT molecular complexity index is 253. The molecule has 15 heavy (non-hydrogen) atoms. The third kappa shape index (κ3) is 3.57. The molecule has 0 aromatic carbocycles. The molecule has 0 bridgehead atoms. The van der Waals surface area contributed by atoms with Crippen molar-refractivity contribution in [3.05, 3.63) is 18.7 Å². The molecule has 0 spiro atoms. The van der Waals surface area contributed by atoms with Gasteiger partial charge in [-0.3, -0.25) is 0 Å². The Morgan fingerprint density at radius 1 is 1.40 bits per heavy atom.